The number of hydrogen-bond donors (Lipinski definition) is 0. The molecule has 0 aromatic heterocycles. The smallest absolute Gasteiger partial charge is 0.243 e. The summed E-state index contributed by atoms with van der Waals surface area (Å²) in [5, 5.41) is 8.79. The molecule has 1 atom stereocenters. The van der Waals surface area contributed by atoms with Gasteiger partial charge in [-0.05, 0) is 31.9 Å². The lowest BCUT2D eigenvalue weighted by Gasteiger charge is -2.33. The van der Waals surface area contributed by atoms with Gasteiger partial charge in [0.05, 0.1) is 16.9 Å². The van der Waals surface area contributed by atoms with Crippen LogP contribution in [-0.2, 0) is 14.8 Å². The van der Waals surface area contributed by atoms with Crippen molar-refractivity contribution in [2.45, 2.75) is 24.7 Å². The van der Waals surface area contributed by atoms with Gasteiger partial charge in [-0.3, -0.25) is 4.79 Å². The summed E-state index contributed by atoms with van der Waals surface area (Å²) in [5.74, 6) is -0.516. The van der Waals surface area contributed by atoms with Crippen molar-refractivity contribution in [2.75, 3.05) is 26.2 Å². The van der Waals surface area contributed by atoms with Crippen LogP contribution in [0.4, 0.5) is 0 Å². The molecule has 1 aromatic carbocycles. The van der Waals surface area contributed by atoms with E-state index in [0.29, 0.717) is 25.9 Å². The summed E-state index contributed by atoms with van der Waals surface area (Å²) in [6.07, 6.45) is 1.30. The molecule has 1 fully saturated rings. The molecular weight excluding hydrogens is 314 g/mol. The van der Waals surface area contributed by atoms with Crippen molar-refractivity contribution in [1.29, 1.82) is 5.26 Å². The summed E-state index contributed by atoms with van der Waals surface area (Å²) in [6.45, 7) is 2.91. The molecule has 1 amide bonds. The first kappa shape index (κ1) is 17.4. The first-order chi connectivity index (χ1) is 11.0. The van der Waals surface area contributed by atoms with E-state index in [-0.39, 0.29) is 29.8 Å². The number of sulfonamides is 1. The highest BCUT2D eigenvalue weighted by atomic mass is 32.2. The molecule has 0 N–H and O–H groups in total. The number of rotatable bonds is 5. The first-order valence-electron chi connectivity index (χ1n) is 7.71. The van der Waals surface area contributed by atoms with Crippen LogP contribution in [0.3, 0.4) is 0 Å². The normalized spacial score (nSPS) is 19.0. The molecule has 1 saturated heterocycles. The van der Waals surface area contributed by atoms with Crippen LogP contribution >= 0.6 is 0 Å². The molecular formula is C16H21N3O3S. The molecule has 1 aliphatic heterocycles. The third-order valence-electron chi connectivity index (χ3n) is 4.07. The Balaban J connectivity index is 2.15. The molecule has 124 valence electrons. The summed E-state index contributed by atoms with van der Waals surface area (Å²) >= 11 is 0. The highest BCUT2D eigenvalue weighted by Crippen LogP contribution is 2.24. The predicted molar refractivity (Wildman–Crippen MR) is 85.8 cm³/mol. The second-order valence-electron chi connectivity index (χ2n) is 5.53. The fraction of sp³-hybridized carbons (Fsp3) is 0.500. The van der Waals surface area contributed by atoms with Gasteiger partial charge in [0.1, 0.15) is 6.54 Å². The average Bonchev–Trinajstić information content (AvgIpc) is 2.60. The average molecular weight is 335 g/mol. The molecule has 1 heterocycles. The quantitative estimate of drug-likeness (QED) is 0.763. The van der Waals surface area contributed by atoms with Crippen molar-refractivity contribution in [1.82, 2.24) is 9.21 Å². The largest absolute Gasteiger partial charge is 0.329 e. The maximum atomic E-state index is 12.7. The summed E-state index contributed by atoms with van der Waals surface area (Å²) < 4.78 is 26.7. The number of nitrogens with zero attached hydrogens (tertiary/aromatic N) is 3. The number of nitriles is 1. The highest BCUT2D eigenvalue weighted by molar-refractivity contribution is 7.89. The number of carbonyl (C=O) groups is 1. The molecule has 0 radical (unpaired) electrons. The lowest BCUT2D eigenvalue weighted by molar-refractivity contribution is -0.135. The standard InChI is InChI=1S/C16H21N3O3S/c1-2-18(12-10-17)16(20)14-7-6-11-19(13-14)23(21,22)15-8-4-3-5-9-15/h3-5,8-9,14H,2,6-7,11-13H2,1H3. The van der Waals surface area contributed by atoms with Crippen LogP contribution in [0, 0.1) is 17.2 Å². The van der Waals surface area contributed by atoms with Gasteiger partial charge in [-0.2, -0.15) is 9.57 Å². The van der Waals surface area contributed by atoms with Gasteiger partial charge in [-0.15, -0.1) is 0 Å². The van der Waals surface area contributed by atoms with Crippen LogP contribution < -0.4 is 0 Å². The van der Waals surface area contributed by atoms with E-state index in [4.69, 9.17) is 5.26 Å². The van der Waals surface area contributed by atoms with Gasteiger partial charge < -0.3 is 4.90 Å². The fourth-order valence-corrected chi connectivity index (χ4v) is 4.34. The second-order valence-corrected chi connectivity index (χ2v) is 7.46. The number of carbonyl (C=O) groups excluding carboxylic acids is 1. The van der Waals surface area contributed by atoms with Crippen LogP contribution in [0.2, 0.25) is 0 Å². The van der Waals surface area contributed by atoms with Crippen LogP contribution in [0.15, 0.2) is 35.2 Å². The Hall–Kier alpha value is -1.91. The van der Waals surface area contributed by atoms with Crippen LogP contribution in [0.1, 0.15) is 19.8 Å². The van der Waals surface area contributed by atoms with Crippen molar-refractivity contribution in [2.24, 2.45) is 5.92 Å². The van der Waals surface area contributed by atoms with Gasteiger partial charge in [0.2, 0.25) is 15.9 Å². The Morgan fingerprint density at radius 3 is 2.70 bits per heavy atom. The summed E-state index contributed by atoms with van der Waals surface area (Å²) in [5.41, 5.74) is 0. The number of hydrogen-bond acceptors (Lipinski definition) is 4. The first-order valence-corrected chi connectivity index (χ1v) is 9.15. The molecule has 1 aromatic rings. The molecule has 7 heteroatoms. The molecule has 6 nitrogen and oxygen atoms in total. The monoisotopic (exact) mass is 335 g/mol. The zero-order chi connectivity index (χ0) is 16.9. The van der Waals surface area contributed by atoms with Gasteiger partial charge >= 0.3 is 0 Å². The predicted octanol–water partition coefficient (Wildman–Crippen LogP) is 1.46. The molecule has 1 unspecified atom stereocenters. The van der Waals surface area contributed by atoms with Crippen LogP contribution in [-0.4, -0.2) is 49.7 Å². The fourth-order valence-electron chi connectivity index (χ4n) is 2.79. The maximum Gasteiger partial charge on any atom is 0.243 e. The summed E-state index contributed by atoms with van der Waals surface area (Å²) in [4.78, 5) is 14.2. The molecule has 1 aliphatic rings. The van der Waals surface area contributed by atoms with Crippen molar-refractivity contribution < 1.29 is 13.2 Å². The second kappa shape index (κ2) is 7.57. The minimum absolute atomic E-state index is 0.0390. The van der Waals surface area contributed by atoms with E-state index in [2.05, 4.69) is 0 Å². The summed E-state index contributed by atoms with van der Waals surface area (Å²) in [7, 11) is -3.58. The zero-order valence-corrected chi connectivity index (χ0v) is 14.0. The van der Waals surface area contributed by atoms with Crippen molar-refractivity contribution in [3.8, 4) is 6.07 Å². The molecule has 0 spiro atoms. The van der Waals surface area contributed by atoms with E-state index in [1.807, 2.05) is 13.0 Å². The van der Waals surface area contributed by atoms with Crippen LogP contribution in [0.25, 0.3) is 0 Å². The van der Waals surface area contributed by atoms with Gasteiger partial charge in [0.15, 0.2) is 0 Å². The minimum Gasteiger partial charge on any atom is -0.329 e. The summed E-state index contributed by atoms with van der Waals surface area (Å²) in [6, 6.07) is 10.2. The highest BCUT2D eigenvalue weighted by Gasteiger charge is 2.34. The third-order valence-corrected chi connectivity index (χ3v) is 5.95. The Morgan fingerprint density at radius 1 is 1.39 bits per heavy atom. The number of piperidine rings is 1. The topological polar surface area (TPSA) is 81.5 Å². The van der Waals surface area contributed by atoms with E-state index >= 15 is 0 Å². The lowest BCUT2D eigenvalue weighted by atomic mass is 9.98. The molecule has 23 heavy (non-hydrogen) atoms. The van der Waals surface area contributed by atoms with Crippen molar-refractivity contribution in [3.05, 3.63) is 30.3 Å². The zero-order valence-electron chi connectivity index (χ0n) is 13.2. The number of amides is 1. The van der Waals surface area contributed by atoms with Gasteiger partial charge in [0, 0.05) is 19.6 Å². The van der Waals surface area contributed by atoms with Gasteiger partial charge in [-0.25, -0.2) is 8.42 Å². The van der Waals surface area contributed by atoms with E-state index in [0.717, 1.165) is 0 Å². The van der Waals surface area contributed by atoms with Crippen molar-refractivity contribution >= 4 is 15.9 Å². The Labute approximate surface area is 137 Å². The Bertz CT molecular complexity index is 682. The molecule has 2 rings (SSSR count). The van der Waals surface area contributed by atoms with E-state index in [9.17, 15) is 13.2 Å². The third kappa shape index (κ3) is 3.89. The van der Waals surface area contributed by atoms with Gasteiger partial charge in [-0.1, -0.05) is 18.2 Å². The number of benzene rings is 1. The van der Waals surface area contributed by atoms with Gasteiger partial charge in [0.25, 0.3) is 0 Å². The minimum atomic E-state index is -3.58. The lowest BCUT2D eigenvalue weighted by Crippen LogP contribution is -2.46. The molecule has 0 saturated carbocycles. The SMILES string of the molecule is CCN(CC#N)C(=O)C1CCCN(S(=O)(=O)c2ccccc2)C1. The van der Waals surface area contributed by atoms with E-state index in [1.165, 1.54) is 9.21 Å². The van der Waals surface area contributed by atoms with Crippen LogP contribution in [0.5, 0.6) is 0 Å². The molecule has 0 bridgehead atoms. The Kier molecular flexibility index (Phi) is 5.74. The molecule has 0 aliphatic carbocycles. The van der Waals surface area contributed by atoms with E-state index in [1.54, 1.807) is 30.3 Å². The van der Waals surface area contributed by atoms with Crippen molar-refractivity contribution in [3.63, 3.8) is 0 Å². The Morgan fingerprint density at radius 2 is 2.09 bits per heavy atom. The van der Waals surface area contributed by atoms with E-state index < -0.39 is 10.0 Å². The maximum absolute atomic E-state index is 12.7.